The van der Waals surface area contributed by atoms with E-state index >= 15 is 0 Å². The lowest BCUT2D eigenvalue weighted by Gasteiger charge is -2.19. The third kappa shape index (κ3) is 5.53. The second kappa shape index (κ2) is 11.0. The van der Waals surface area contributed by atoms with Crippen molar-refractivity contribution in [3.05, 3.63) is 116 Å². The first-order valence-electron chi connectivity index (χ1n) is 12.1. The molecule has 0 radical (unpaired) electrons. The number of halogens is 1. The van der Waals surface area contributed by atoms with Crippen LogP contribution in [0, 0.1) is 24.0 Å². The molecule has 0 heterocycles. The minimum Gasteiger partial charge on any atom is -0.443 e. The van der Waals surface area contributed by atoms with Crippen molar-refractivity contribution < 1.29 is 19.2 Å². The van der Waals surface area contributed by atoms with Crippen LogP contribution in [0.1, 0.15) is 58.5 Å². The SMILES string of the molecule is Cc1cc(NC(=O)C(OC(=O)c2ccccc2[N+](=O)[O-])c2ccc(Cl)cc2)c2c(C)ccc(C(C)C)cc1-2. The number of rotatable bonds is 7. The van der Waals surface area contributed by atoms with E-state index < -0.39 is 28.6 Å². The van der Waals surface area contributed by atoms with Gasteiger partial charge in [0.15, 0.2) is 0 Å². The van der Waals surface area contributed by atoms with Crippen LogP contribution in [0.3, 0.4) is 0 Å². The average molecular weight is 531 g/mol. The number of fused-ring (bicyclic) bond motifs is 1. The van der Waals surface area contributed by atoms with Gasteiger partial charge < -0.3 is 10.1 Å². The molecule has 2 aliphatic carbocycles. The van der Waals surface area contributed by atoms with Gasteiger partial charge in [-0.15, -0.1) is 0 Å². The highest BCUT2D eigenvalue weighted by atomic mass is 35.5. The molecule has 2 aromatic rings. The molecule has 0 bridgehead atoms. The van der Waals surface area contributed by atoms with Crippen LogP contribution in [0.25, 0.3) is 11.1 Å². The lowest BCUT2D eigenvalue weighted by atomic mass is 10.0. The molecule has 2 aromatic carbocycles. The number of benzene rings is 2. The zero-order valence-corrected chi connectivity index (χ0v) is 22.2. The summed E-state index contributed by atoms with van der Waals surface area (Å²) in [5.74, 6) is -1.26. The molecule has 0 aromatic heterocycles. The molecule has 0 saturated carbocycles. The van der Waals surface area contributed by atoms with Gasteiger partial charge in [0, 0.05) is 27.9 Å². The summed E-state index contributed by atoms with van der Waals surface area (Å²) in [6.07, 6.45) is -1.38. The van der Waals surface area contributed by atoms with Crippen LogP contribution < -0.4 is 5.32 Å². The summed E-state index contributed by atoms with van der Waals surface area (Å²) in [5.41, 5.74) is 5.37. The normalized spacial score (nSPS) is 11.8. The Bertz CT molecular complexity index is 1500. The van der Waals surface area contributed by atoms with E-state index in [0.717, 1.165) is 22.3 Å². The zero-order chi connectivity index (χ0) is 27.6. The fourth-order valence-corrected chi connectivity index (χ4v) is 4.51. The number of aryl methyl sites for hydroxylation is 2. The summed E-state index contributed by atoms with van der Waals surface area (Å²) in [7, 11) is 0. The molecular weight excluding hydrogens is 504 g/mol. The van der Waals surface area contributed by atoms with Crippen LogP contribution in [0.5, 0.6) is 0 Å². The van der Waals surface area contributed by atoms with Gasteiger partial charge in [-0.2, -0.15) is 0 Å². The summed E-state index contributed by atoms with van der Waals surface area (Å²) in [6.45, 7) is 8.21. The van der Waals surface area contributed by atoms with Gasteiger partial charge in [-0.3, -0.25) is 14.9 Å². The highest BCUT2D eigenvalue weighted by Gasteiger charge is 2.30. The Morgan fingerprint density at radius 3 is 2.24 bits per heavy atom. The second-order valence-electron chi connectivity index (χ2n) is 9.45. The van der Waals surface area contributed by atoms with E-state index in [-0.39, 0.29) is 5.56 Å². The number of carbonyl (C=O) groups is 2. The maximum absolute atomic E-state index is 13.6. The Morgan fingerprint density at radius 2 is 1.58 bits per heavy atom. The van der Waals surface area contributed by atoms with Gasteiger partial charge in [-0.25, -0.2) is 4.79 Å². The molecule has 38 heavy (non-hydrogen) atoms. The van der Waals surface area contributed by atoms with E-state index in [1.54, 1.807) is 24.3 Å². The first kappa shape index (κ1) is 26.8. The molecular formula is C30H27ClN2O5. The fraction of sp³-hybridized carbons (Fsp3) is 0.200. The minimum atomic E-state index is -1.38. The number of amides is 1. The van der Waals surface area contributed by atoms with Gasteiger partial charge in [0.05, 0.1) is 4.92 Å². The molecule has 0 spiro atoms. The molecule has 0 aliphatic heterocycles. The number of nitro benzene ring substituents is 1. The standard InChI is InChI=1S/C30H27ClN2O5/c1-17(2)21-10-9-18(3)27-24(16-21)19(4)15-25(27)32-29(34)28(20-11-13-22(31)14-12-20)38-30(35)23-7-5-6-8-26(23)33(36)37/h5-17,28H,1-4H3,(H,32,34). The molecule has 8 heteroatoms. The van der Waals surface area contributed by atoms with Crippen molar-refractivity contribution in [2.45, 2.75) is 39.7 Å². The first-order valence-corrected chi connectivity index (χ1v) is 12.5. The highest BCUT2D eigenvalue weighted by Crippen LogP contribution is 2.40. The Hall–Kier alpha value is -4.23. The molecule has 2 aliphatic rings. The Morgan fingerprint density at radius 1 is 0.921 bits per heavy atom. The zero-order valence-electron chi connectivity index (χ0n) is 21.4. The quantitative estimate of drug-likeness (QED) is 0.150. The van der Waals surface area contributed by atoms with E-state index in [1.807, 2.05) is 26.0 Å². The molecule has 1 amide bonds. The smallest absolute Gasteiger partial charge is 0.346 e. The summed E-state index contributed by atoms with van der Waals surface area (Å²) < 4.78 is 5.61. The number of para-hydroxylation sites is 1. The van der Waals surface area contributed by atoms with E-state index in [4.69, 9.17) is 16.3 Å². The number of carbonyl (C=O) groups excluding carboxylic acids is 2. The summed E-state index contributed by atoms with van der Waals surface area (Å²) in [5, 5.41) is 14.8. The number of hydrogen-bond donors (Lipinski definition) is 1. The topological polar surface area (TPSA) is 98.5 Å². The van der Waals surface area contributed by atoms with Crippen LogP contribution in [0.4, 0.5) is 11.4 Å². The molecule has 0 saturated heterocycles. The number of ether oxygens (including phenoxy) is 1. The van der Waals surface area contributed by atoms with Gasteiger partial charge in [0.25, 0.3) is 11.6 Å². The minimum absolute atomic E-state index is 0.247. The first-order chi connectivity index (χ1) is 18.1. The van der Waals surface area contributed by atoms with Crippen LogP contribution in [-0.4, -0.2) is 16.8 Å². The lowest BCUT2D eigenvalue weighted by Crippen LogP contribution is -2.26. The van der Waals surface area contributed by atoms with Crippen LogP contribution in [0.15, 0.2) is 72.8 Å². The number of nitro groups is 1. The van der Waals surface area contributed by atoms with Crippen molar-refractivity contribution in [3.8, 4) is 11.1 Å². The molecule has 0 fully saturated rings. The van der Waals surface area contributed by atoms with E-state index in [0.29, 0.717) is 22.2 Å². The van der Waals surface area contributed by atoms with Crippen molar-refractivity contribution >= 4 is 34.9 Å². The van der Waals surface area contributed by atoms with Crippen molar-refractivity contribution in [3.63, 3.8) is 0 Å². The third-order valence-corrected chi connectivity index (χ3v) is 6.69. The van der Waals surface area contributed by atoms with Gasteiger partial charge in [-0.1, -0.05) is 67.9 Å². The van der Waals surface area contributed by atoms with E-state index in [1.165, 1.54) is 29.8 Å². The molecule has 1 atom stereocenters. The van der Waals surface area contributed by atoms with E-state index in [9.17, 15) is 19.7 Å². The molecule has 1 N–H and O–H groups in total. The molecule has 7 nitrogen and oxygen atoms in total. The fourth-order valence-electron chi connectivity index (χ4n) is 4.38. The molecule has 194 valence electrons. The predicted molar refractivity (Wildman–Crippen MR) is 148 cm³/mol. The third-order valence-electron chi connectivity index (χ3n) is 6.44. The Balaban J connectivity index is 1.71. The van der Waals surface area contributed by atoms with Gasteiger partial charge >= 0.3 is 5.97 Å². The number of nitrogens with zero attached hydrogens (tertiary/aromatic N) is 1. The highest BCUT2D eigenvalue weighted by molar-refractivity contribution is 6.30. The van der Waals surface area contributed by atoms with Gasteiger partial charge in [-0.05, 0) is 66.3 Å². The largest absolute Gasteiger partial charge is 0.443 e. The molecule has 4 rings (SSSR count). The van der Waals surface area contributed by atoms with Crippen molar-refractivity contribution in [1.29, 1.82) is 0 Å². The monoisotopic (exact) mass is 530 g/mol. The summed E-state index contributed by atoms with van der Waals surface area (Å²) >= 11 is 6.03. The van der Waals surface area contributed by atoms with E-state index in [2.05, 4.69) is 31.3 Å². The van der Waals surface area contributed by atoms with Gasteiger partial charge in [0.2, 0.25) is 6.10 Å². The number of esters is 1. The Kier molecular flexibility index (Phi) is 7.78. The van der Waals surface area contributed by atoms with Crippen LogP contribution in [0.2, 0.25) is 5.02 Å². The summed E-state index contributed by atoms with van der Waals surface area (Å²) in [6, 6.07) is 19.9. The summed E-state index contributed by atoms with van der Waals surface area (Å²) in [4.78, 5) is 37.5. The van der Waals surface area contributed by atoms with Crippen molar-refractivity contribution in [2.75, 3.05) is 5.32 Å². The lowest BCUT2D eigenvalue weighted by molar-refractivity contribution is -0.385. The number of hydrogen-bond acceptors (Lipinski definition) is 5. The Labute approximate surface area is 225 Å². The predicted octanol–water partition coefficient (Wildman–Crippen LogP) is 7.63. The number of anilines is 1. The maximum atomic E-state index is 13.6. The maximum Gasteiger partial charge on any atom is 0.346 e. The molecule has 1 unspecified atom stereocenters. The average Bonchev–Trinajstić information content (AvgIpc) is 3.06. The van der Waals surface area contributed by atoms with Crippen LogP contribution >= 0.6 is 11.6 Å². The second-order valence-corrected chi connectivity index (χ2v) is 9.88. The number of nitrogens with one attached hydrogen (secondary N) is 1. The van der Waals surface area contributed by atoms with Crippen molar-refractivity contribution in [2.24, 2.45) is 0 Å². The van der Waals surface area contributed by atoms with Crippen molar-refractivity contribution in [1.82, 2.24) is 0 Å². The van der Waals surface area contributed by atoms with Crippen LogP contribution in [-0.2, 0) is 9.53 Å². The van der Waals surface area contributed by atoms with Gasteiger partial charge in [0.1, 0.15) is 5.56 Å².